The fourth-order valence-corrected chi connectivity index (χ4v) is 13.3. The highest BCUT2D eigenvalue weighted by Crippen LogP contribution is 2.77. The van der Waals surface area contributed by atoms with Crippen molar-refractivity contribution in [2.45, 2.75) is 139 Å². The summed E-state index contributed by atoms with van der Waals surface area (Å²) in [5.74, 6) is -0.0235. The van der Waals surface area contributed by atoms with Gasteiger partial charge in [0.25, 0.3) is 5.89 Å². The van der Waals surface area contributed by atoms with Gasteiger partial charge >= 0.3 is 11.9 Å². The minimum absolute atomic E-state index is 0.0307. The molecule has 0 aliphatic heterocycles. The van der Waals surface area contributed by atoms with Gasteiger partial charge in [0.15, 0.2) is 5.78 Å². The fourth-order valence-electron chi connectivity index (χ4n) is 13.2. The number of ketones is 1. The van der Waals surface area contributed by atoms with Crippen LogP contribution in [0.4, 0.5) is 4.39 Å². The summed E-state index contributed by atoms with van der Waals surface area (Å²) in [4.78, 5) is 39.0. The molecule has 1 heterocycles. The molecule has 0 unspecified atom stereocenters. The third-order valence-corrected chi connectivity index (χ3v) is 16.3. The standard InChI is InChI=1S/C44H58ClFN2O6/c1-24(2)35-29(49)21-44(22-33-47-48-37(54-33)26-11-10-25(45)20-28(26)46)19-18-42(8)27(36(35)44)12-13-31-41(7)16-15-32(53-34(50)23-39(3,4)38(51)52)40(5,6)30(41)14-17-43(31,42)9/h10-11,20,24,27,30-32H,12-19,21-23H2,1-9H3,(H,51,52)/t27-,30+,31-,32+,41+,42-,43-,44+/m1/s1. The lowest BCUT2D eigenvalue weighted by atomic mass is 9.33. The summed E-state index contributed by atoms with van der Waals surface area (Å²) in [5, 5.41) is 18.6. The first-order chi connectivity index (χ1) is 25.1. The third kappa shape index (κ3) is 5.82. The Kier molecular flexibility index (Phi) is 9.42. The molecule has 54 heavy (non-hydrogen) atoms. The van der Waals surface area contributed by atoms with Crippen LogP contribution in [-0.4, -0.2) is 39.1 Å². The Balaban J connectivity index is 1.18. The van der Waals surface area contributed by atoms with Crippen molar-refractivity contribution in [3.05, 3.63) is 46.1 Å². The van der Waals surface area contributed by atoms with Gasteiger partial charge in [-0.3, -0.25) is 14.4 Å². The van der Waals surface area contributed by atoms with E-state index < -0.39 is 28.6 Å². The number of nitrogens with zero attached hydrogens (tertiary/aromatic N) is 2. The Bertz CT molecular complexity index is 1920. The lowest BCUT2D eigenvalue weighted by molar-refractivity contribution is -0.233. The number of carboxylic acid groups (broad SMARTS) is 1. The van der Waals surface area contributed by atoms with Crippen LogP contribution in [0.25, 0.3) is 11.5 Å². The predicted octanol–water partition coefficient (Wildman–Crippen LogP) is 10.5. The van der Waals surface area contributed by atoms with E-state index in [4.69, 9.17) is 20.8 Å². The Morgan fingerprint density at radius 3 is 2.39 bits per heavy atom. The highest BCUT2D eigenvalue weighted by Gasteiger charge is 2.70. The molecule has 1 aromatic heterocycles. The summed E-state index contributed by atoms with van der Waals surface area (Å²) in [5.41, 5.74) is 0.709. The molecular weight excluding hydrogens is 707 g/mol. The summed E-state index contributed by atoms with van der Waals surface area (Å²) < 4.78 is 27.1. The monoisotopic (exact) mass is 764 g/mol. The Hall–Kier alpha value is -3.07. The second kappa shape index (κ2) is 13.0. The van der Waals surface area contributed by atoms with Gasteiger partial charge in [0.1, 0.15) is 11.9 Å². The van der Waals surface area contributed by atoms with Crippen LogP contribution in [-0.2, 0) is 25.5 Å². The van der Waals surface area contributed by atoms with Gasteiger partial charge in [-0.15, -0.1) is 10.2 Å². The van der Waals surface area contributed by atoms with Crippen LogP contribution in [0.15, 0.2) is 33.8 Å². The number of carbonyl (C=O) groups is 3. The molecule has 8 atom stereocenters. The largest absolute Gasteiger partial charge is 0.481 e. The molecule has 0 radical (unpaired) electrons. The van der Waals surface area contributed by atoms with E-state index in [1.165, 1.54) is 11.6 Å². The van der Waals surface area contributed by atoms with E-state index in [0.717, 1.165) is 56.9 Å². The first kappa shape index (κ1) is 39.2. The molecule has 2 aromatic rings. The van der Waals surface area contributed by atoms with Gasteiger partial charge in [-0.2, -0.15) is 0 Å². The lowest BCUT2D eigenvalue weighted by Crippen LogP contribution is -2.65. The summed E-state index contributed by atoms with van der Waals surface area (Å²) in [6.45, 7) is 19.5. The number of Topliss-reactive ketones (excluding diaryl/α,β-unsaturated/α-hetero) is 1. The molecule has 4 fully saturated rings. The van der Waals surface area contributed by atoms with Crippen molar-refractivity contribution >= 4 is 29.3 Å². The zero-order valence-electron chi connectivity index (χ0n) is 33.5. The first-order valence-electron chi connectivity index (χ1n) is 20.1. The summed E-state index contributed by atoms with van der Waals surface area (Å²) >= 11 is 6.00. The molecule has 0 spiro atoms. The van der Waals surface area contributed by atoms with Gasteiger partial charge in [0.2, 0.25) is 5.89 Å². The molecular formula is C44H58ClFN2O6. The SMILES string of the molecule is CC(C)C1=C2[C@H]3CC[C@@H]4[C@@]5(C)CC[C@H](OC(=O)CC(C)(C)C(=O)O)C(C)(C)[C@@H]5CC[C@@]4(C)[C@]3(C)CC[C@@]2(Cc2nnc(-c3ccc(Cl)cc3F)o2)CC1=O. The third-order valence-electron chi connectivity index (χ3n) is 16.1. The summed E-state index contributed by atoms with van der Waals surface area (Å²) in [6.07, 6.45) is 8.21. The van der Waals surface area contributed by atoms with E-state index in [0.29, 0.717) is 35.6 Å². The van der Waals surface area contributed by atoms with Crippen molar-refractivity contribution in [3.63, 3.8) is 0 Å². The van der Waals surface area contributed by atoms with E-state index in [-0.39, 0.29) is 63.3 Å². The molecule has 1 N–H and O–H groups in total. The normalized spacial score (nSPS) is 36.0. The fraction of sp³-hybridized carbons (Fsp3) is 0.705. The molecule has 0 amide bonds. The number of hydrogen-bond acceptors (Lipinski definition) is 7. The van der Waals surface area contributed by atoms with Crippen LogP contribution in [0.3, 0.4) is 0 Å². The molecule has 4 saturated carbocycles. The zero-order chi connectivity index (χ0) is 39.4. The Labute approximate surface area is 324 Å². The van der Waals surface area contributed by atoms with Crippen LogP contribution in [0.5, 0.6) is 0 Å². The molecule has 1 aromatic carbocycles. The van der Waals surface area contributed by atoms with Crippen molar-refractivity contribution < 1.29 is 33.0 Å². The number of ether oxygens (including phenoxy) is 1. The lowest BCUT2D eigenvalue weighted by Gasteiger charge is -2.72. The number of esters is 1. The maximum Gasteiger partial charge on any atom is 0.309 e. The van der Waals surface area contributed by atoms with Crippen LogP contribution in [0, 0.1) is 62.0 Å². The Morgan fingerprint density at radius 1 is 1.00 bits per heavy atom. The topological polar surface area (TPSA) is 120 Å². The average Bonchev–Trinajstić information content (AvgIpc) is 3.63. The van der Waals surface area contributed by atoms with E-state index >= 15 is 0 Å². The summed E-state index contributed by atoms with van der Waals surface area (Å²) in [7, 11) is 0. The number of aromatic nitrogens is 2. The van der Waals surface area contributed by atoms with Gasteiger partial charge in [0.05, 0.1) is 17.4 Å². The number of halogens is 2. The number of carboxylic acids is 1. The molecule has 0 bridgehead atoms. The van der Waals surface area contributed by atoms with Gasteiger partial charge < -0.3 is 14.3 Å². The number of carbonyl (C=O) groups excluding carboxylic acids is 2. The van der Waals surface area contributed by atoms with Gasteiger partial charge in [-0.05, 0) is 129 Å². The second-order valence-corrected chi connectivity index (χ2v) is 20.4. The minimum Gasteiger partial charge on any atom is -0.481 e. The number of aliphatic carboxylic acids is 1. The van der Waals surface area contributed by atoms with Gasteiger partial charge in [-0.25, -0.2) is 4.39 Å². The highest BCUT2D eigenvalue weighted by molar-refractivity contribution is 6.30. The predicted molar refractivity (Wildman–Crippen MR) is 204 cm³/mol. The maximum absolute atomic E-state index is 14.8. The first-order valence-corrected chi connectivity index (χ1v) is 20.5. The maximum atomic E-state index is 14.8. The Morgan fingerprint density at radius 2 is 1.72 bits per heavy atom. The van der Waals surface area contributed by atoms with E-state index in [1.807, 2.05) is 0 Å². The molecule has 7 rings (SSSR count). The molecule has 8 nitrogen and oxygen atoms in total. The average molecular weight is 765 g/mol. The van der Waals surface area contributed by atoms with Crippen LogP contribution >= 0.6 is 11.6 Å². The number of fused-ring (bicyclic) bond motifs is 7. The smallest absolute Gasteiger partial charge is 0.309 e. The number of hydrogen-bond donors (Lipinski definition) is 1. The van der Waals surface area contributed by atoms with Crippen LogP contribution < -0.4 is 0 Å². The van der Waals surface area contributed by atoms with Gasteiger partial charge in [-0.1, -0.05) is 65.6 Å². The van der Waals surface area contributed by atoms with E-state index in [2.05, 4.69) is 58.7 Å². The van der Waals surface area contributed by atoms with Crippen LogP contribution in [0.1, 0.15) is 132 Å². The van der Waals surface area contributed by atoms with Crippen molar-refractivity contribution in [2.75, 3.05) is 0 Å². The number of allylic oxidation sites excluding steroid dienone is 2. The quantitative estimate of drug-likeness (QED) is 0.264. The molecule has 10 heteroatoms. The molecule has 5 aliphatic carbocycles. The van der Waals surface area contributed by atoms with Crippen molar-refractivity contribution in [1.82, 2.24) is 10.2 Å². The van der Waals surface area contributed by atoms with E-state index in [9.17, 15) is 23.9 Å². The highest BCUT2D eigenvalue weighted by atomic mass is 35.5. The zero-order valence-corrected chi connectivity index (χ0v) is 34.3. The van der Waals surface area contributed by atoms with Crippen molar-refractivity contribution in [3.8, 4) is 11.5 Å². The second-order valence-electron chi connectivity index (χ2n) is 20.0. The van der Waals surface area contributed by atoms with Crippen molar-refractivity contribution in [1.29, 1.82) is 0 Å². The number of rotatable bonds is 8. The minimum atomic E-state index is -1.18. The molecule has 0 saturated heterocycles. The van der Waals surface area contributed by atoms with Gasteiger partial charge in [0, 0.05) is 28.7 Å². The molecule has 5 aliphatic rings. The number of benzene rings is 1. The van der Waals surface area contributed by atoms with Crippen molar-refractivity contribution in [2.24, 2.45) is 56.2 Å². The summed E-state index contributed by atoms with van der Waals surface area (Å²) in [6, 6.07) is 4.40. The molecule has 294 valence electrons. The van der Waals surface area contributed by atoms with Crippen LogP contribution in [0.2, 0.25) is 5.02 Å². The van der Waals surface area contributed by atoms with E-state index in [1.54, 1.807) is 26.0 Å².